The van der Waals surface area contributed by atoms with Gasteiger partial charge in [-0.2, -0.15) is 0 Å². The average Bonchev–Trinajstić information content (AvgIpc) is 2.48. The molecule has 0 aliphatic heterocycles. The van der Waals surface area contributed by atoms with E-state index in [-0.39, 0.29) is 6.61 Å². The zero-order valence-corrected chi connectivity index (χ0v) is 11.8. The Labute approximate surface area is 126 Å². The maximum atomic E-state index is 11.3. The van der Waals surface area contributed by atoms with Crippen molar-refractivity contribution in [2.75, 3.05) is 0 Å². The number of rotatable bonds is 6. The standard InChI is InChI=1S/C16H13ClO4/c17-15(18)13-8-6-12(7-9-13)14(16(19)20)21-10-11-4-2-1-3-5-11/h1-9,14H,10H2,(H,19,20). The molecule has 0 aromatic heterocycles. The summed E-state index contributed by atoms with van der Waals surface area (Å²) in [6.07, 6.45) is -1.09. The molecule has 0 saturated carbocycles. The second kappa shape index (κ2) is 7.02. The Bertz CT molecular complexity index is 622. The highest BCUT2D eigenvalue weighted by Crippen LogP contribution is 2.20. The maximum absolute atomic E-state index is 11.3. The van der Waals surface area contributed by atoms with Gasteiger partial charge >= 0.3 is 5.97 Å². The van der Waals surface area contributed by atoms with Gasteiger partial charge in [-0.1, -0.05) is 42.5 Å². The van der Waals surface area contributed by atoms with Crippen LogP contribution in [0.5, 0.6) is 0 Å². The van der Waals surface area contributed by atoms with Crippen LogP contribution in [-0.4, -0.2) is 16.3 Å². The summed E-state index contributed by atoms with van der Waals surface area (Å²) in [5.41, 5.74) is 1.66. The minimum Gasteiger partial charge on any atom is -0.479 e. The lowest BCUT2D eigenvalue weighted by atomic mass is 10.1. The molecule has 0 bridgehead atoms. The molecule has 108 valence electrons. The van der Waals surface area contributed by atoms with E-state index in [1.807, 2.05) is 30.3 Å². The predicted octanol–water partition coefficient (Wildman–Crippen LogP) is 3.41. The predicted molar refractivity (Wildman–Crippen MR) is 78.2 cm³/mol. The first-order valence-electron chi connectivity index (χ1n) is 6.26. The highest BCUT2D eigenvalue weighted by Gasteiger charge is 2.20. The fourth-order valence-electron chi connectivity index (χ4n) is 1.85. The third kappa shape index (κ3) is 4.15. The van der Waals surface area contributed by atoms with Crippen LogP contribution >= 0.6 is 11.6 Å². The summed E-state index contributed by atoms with van der Waals surface area (Å²) in [6.45, 7) is 0.188. The molecule has 2 aromatic rings. The highest BCUT2D eigenvalue weighted by atomic mass is 35.5. The second-order valence-corrected chi connectivity index (χ2v) is 4.75. The van der Waals surface area contributed by atoms with Gasteiger partial charge in [-0.05, 0) is 34.9 Å². The molecular formula is C16H13ClO4. The first kappa shape index (κ1) is 15.2. The lowest BCUT2D eigenvalue weighted by molar-refractivity contribution is -0.151. The van der Waals surface area contributed by atoms with Gasteiger partial charge in [-0.3, -0.25) is 4.79 Å². The first-order chi connectivity index (χ1) is 10.1. The summed E-state index contributed by atoms with van der Waals surface area (Å²) >= 11 is 5.35. The van der Waals surface area contributed by atoms with Crippen LogP contribution in [0.3, 0.4) is 0 Å². The number of hydrogen-bond donors (Lipinski definition) is 1. The van der Waals surface area contributed by atoms with Crippen molar-refractivity contribution in [3.8, 4) is 0 Å². The van der Waals surface area contributed by atoms with Gasteiger partial charge in [0.05, 0.1) is 6.61 Å². The minimum absolute atomic E-state index is 0.188. The van der Waals surface area contributed by atoms with Gasteiger partial charge in [-0.25, -0.2) is 4.79 Å². The van der Waals surface area contributed by atoms with Crippen LogP contribution in [-0.2, 0) is 16.1 Å². The molecule has 2 aromatic carbocycles. The van der Waals surface area contributed by atoms with Gasteiger partial charge in [-0.15, -0.1) is 0 Å². The van der Waals surface area contributed by atoms with Crippen molar-refractivity contribution in [3.63, 3.8) is 0 Å². The summed E-state index contributed by atoms with van der Waals surface area (Å²) in [5.74, 6) is -1.09. The Balaban J connectivity index is 2.11. The van der Waals surface area contributed by atoms with E-state index in [2.05, 4.69) is 0 Å². The number of benzene rings is 2. The Morgan fingerprint density at radius 1 is 1.05 bits per heavy atom. The quantitative estimate of drug-likeness (QED) is 0.831. The van der Waals surface area contributed by atoms with Crippen molar-refractivity contribution in [1.29, 1.82) is 0 Å². The van der Waals surface area contributed by atoms with E-state index < -0.39 is 17.3 Å². The van der Waals surface area contributed by atoms with E-state index in [1.54, 1.807) is 0 Å². The van der Waals surface area contributed by atoms with E-state index in [9.17, 15) is 14.7 Å². The molecule has 1 unspecified atom stereocenters. The molecule has 0 aliphatic rings. The zero-order valence-electron chi connectivity index (χ0n) is 11.0. The number of carbonyl (C=O) groups excluding carboxylic acids is 1. The molecule has 0 saturated heterocycles. The van der Waals surface area contributed by atoms with Crippen LogP contribution < -0.4 is 0 Å². The molecule has 0 heterocycles. The molecule has 2 rings (SSSR count). The fraction of sp³-hybridized carbons (Fsp3) is 0.125. The number of halogens is 1. The van der Waals surface area contributed by atoms with Gasteiger partial charge in [0.15, 0.2) is 6.10 Å². The number of carboxylic acid groups (broad SMARTS) is 1. The molecule has 1 N–H and O–H groups in total. The van der Waals surface area contributed by atoms with E-state index in [1.165, 1.54) is 24.3 Å². The fourth-order valence-corrected chi connectivity index (χ4v) is 1.98. The molecule has 0 radical (unpaired) electrons. The summed E-state index contributed by atoms with van der Waals surface area (Å²) in [6, 6.07) is 15.3. The van der Waals surface area contributed by atoms with Crippen LogP contribution in [0.15, 0.2) is 54.6 Å². The van der Waals surface area contributed by atoms with E-state index in [0.717, 1.165) is 5.56 Å². The molecule has 0 aliphatic carbocycles. The van der Waals surface area contributed by atoms with Gasteiger partial charge in [0.25, 0.3) is 5.24 Å². The topological polar surface area (TPSA) is 63.6 Å². The van der Waals surface area contributed by atoms with Crippen molar-refractivity contribution < 1.29 is 19.4 Å². The van der Waals surface area contributed by atoms with Crippen molar-refractivity contribution >= 4 is 22.8 Å². The number of carbonyl (C=O) groups is 2. The van der Waals surface area contributed by atoms with Crippen molar-refractivity contribution in [2.45, 2.75) is 12.7 Å². The van der Waals surface area contributed by atoms with Crippen LogP contribution in [0, 0.1) is 0 Å². The summed E-state index contributed by atoms with van der Waals surface area (Å²) < 4.78 is 5.46. The number of aliphatic carboxylic acids is 1. The van der Waals surface area contributed by atoms with E-state index in [0.29, 0.717) is 11.1 Å². The summed E-state index contributed by atoms with van der Waals surface area (Å²) in [5, 5.41) is 8.68. The van der Waals surface area contributed by atoms with Gasteiger partial charge in [0.1, 0.15) is 0 Å². The lowest BCUT2D eigenvalue weighted by Crippen LogP contribution is -2.15. The van der Waals surface area contributed by atoms with Crippen LogP contribution in [0.2, 0.25) is 0 Å². The molecule has 0 spiro atoms. The van der Waals surface area contributed by atoms with Gasteiger partial charge in [0, 0.05) is 5.56 Å². The number of carboxylic acids is 1. The molecule has 0 fully saturated rings. The molecule has 5 heteroatoms. The Morgan fingerprint density at radius 2 is 1.67 bits per heavy atom. The Morgan fingerprint density at radius 3 is 2.19 bits per heavy atom. The van der Waals surface area contributed by atoms with Gasteiger partial charge < -0.3 is 9.84 Å². The third-order valence-electron chi connectivity index (χ3n) is 2.92. The second-order valence-electron chi connectivity index (χ2n) is 4.41. The van der Waals surface area contributed by atoms with Crippen molar-refractivity contribution in [1.82, 2.24) is 0 Å². The summed E-state index contributed by atoms with van der Waals surface area (Å²) in [4.78, 5) is 22.3. The molecule has 21 heavy (non-hydrogen) atoms. The van der Waals surface area contributed by atoms with E-state index in [4.69, 9.17) is 16.3 Å². The molecular weight excluding hydrogens is 292 g/mol. The maximum Gasteiger partial charge on any atom is 0.337 e. The molecule has 1 atom stereocenters. The SMILES string of the molecule is O=C(Cl)c1ccc(C(OCc2ccccc2)C(=O)O)cc1. The van der Waals surface area contributed by atoms with Crippen LogP contribution in [0.1, 0.15) is 27.6 Å². The molecule has 4 nitrogen and oxygen atoms in total. The van der Waals surface area contributed by atoms with Gasteiger partial charge in [0.2, 0.25) is 0 Å². The zero-order chi connectivity index (χ0) is 15.2. The van der Waals surface area contributed by atoms with Crippen molar-refractivity contribution in [3.05, 3.63) is 71.3 Å². The Hall–Kier alpha value is -2.17. The average molecular weight is 305 g/mol. The summed E-state index contributed by atoms with van der Waals surface area (Å²) in [7, 11) is 0. The number of hydrogen-bond acceptors (Lipinski definition) is 3. The van der Waals surface area contributed by atoms with Crippen LogP contribution in [0.4, 0.5) is 0 Å². The lowest BCUT2D eigenvalue weighted by Gasteiger charge is -2.14. The Kier molecular flexibility index (Phi) is 5.09. The normalized spacial score (nSPS) is 11.9. The van der Waals surface area contributed by atoms with Crippen LogP contribution in [0.25, 0.3) is 0 Å². The number of ether oxygens (including phenoxy) is 1. The smallest absolute Gasteiger partial charge is 0.337 e. The monoisotopic (exact) mass is 304 g/mol. The first-order valence-corrected chi connectivity index (χ1v) is 6.64. The molecule has 0 amide bonds. The van der Waals surface area contributed by atoms with E-state index >= 15 is 0 Å². The largest absolute Gasteiger partial charge is 0.479 e. The third-order valence-corrected chi connectivity index (χ3v) is 3.14. The van der Waals surface area contributed by atoms with Crippen molar-refractivity contribution in [2.24, 2.45) is 0 Å². The minimum atomic E-state index is -1.09. The highest BCUT2D eigenvalue weighted by molar-refractivity contribution is 6.67.